The van der Waals surface area contributed by atoms with Crippen molar-refractivity contribution in [1.82, 2.24) is 0 Å². The SMILES string of the molecule is CC1=CCC2=C(C1)C(C(C)C)CCC2(C)C. The van der Waals surface area contributed by atoms with E-state index in [4.69, 9.17) is 0 Å². The fraction of sp³-hybridized carbons (Fsp3) is 0.750. The van der Waals surface area contributed by atoms with Crippen LogP contribution in [-0.4, -0.2) is 0 Å². The molecule has 0 nitrogen and oxygen atoms in total. The van der Waals surface area contributed by atoms with Crippen molar-refractivity contribution in [3.8, 4) is 0 Å². The highest BCUT2D eigenvalue weighted by atomic mass is 14.4. The summed E-state index contributed by atoms with van der Waals surface area (Å²) in [6, 6.07) is 0. The van der Waals surface area contributed by atoms with Gasteiger partial charge in [0.2, 0.25) is 0 Å². The average molecular weight is 218 g/mol. The van der Waals surface area contributed by atoms with Gasteiger partial charge >= 0.3 is 0 Å². The zero-order valence-corrected chi connectivity index (χ0v) is 11.6. The molecule has 0 spiro atoms. The maximum atomic E-state index is 2.45. The summed E-state index contributed by atoms with van der Waals surface area (Å²) in [5.74, 6) is 1.67. The van der Waals surface area contributed by atoms with Crippen molar-refractivity contribution in [2.75, 3.05) is 0 Å². The molecule has 0 aliphatic heterocycles. The van der Waals surface area contributed by atoms with E-state index in [1.807, 2.05) is 0 Å². The fourth-order valence-electron chi connectivity index (χ4n) is 3.53. The van der Waals surface area contributed by atoms with E-state index in [-0.39, 0.29) is 0 Å². The largest absolute Gasteiger partial charge is 0.0812 e. The average Bonchev–Trinajstić information content (AvgIpc) is 2.16. The first-order valence-corrected chi connectivity index (χ1v) is 6.80. The molecule has 0 aromatic heterocycles. The standard InChI is InChI=1S/C16H26/c1-11(2)13-8-9-16(4,5)15-7-6-12(3)10-14(13)15/h6,11,13H,7-10H2,1-5H3. The molecule has 2 rings (SSSR count). The lowest BCUT2D eigenvalue weighted by molar-refractivity contribution is 0.272. The van der Waals surface area contributed by atoms with Crippen molar-refractivity contribution >= 4 is 0 Å². The molecule has 0 amide bonds. The van der Waals surface area contributed by atoms with Crippen LogP contribution in [0.15, 0.2) is 22.8 Å². The van der Waals surface area contributed by atoms with Gasteiger partial charge in [0.25, 0.3) is 0 Å². The normalized spacial score (nSPS) is 29.1. The first-order chi connectivity index (χ1) is 7.42. The molecule has 0 fully saturated rings. The van der Waals surface area contributed by atoms with E-state index in [1.54, 1.807) is 16.7 Å². The summed E-state index contributed by atoms with van der Waals surface area (Å²) in [5.41, 5.74) is 5.61. The summed E-state index contributed by atoms with van der Waals surface area (Å²) in [4.78, 5) is 0. The number of rotatable bonds is 1. The summed E-state index contributed by atoms with van der Waals surface area (Å²) < 4.78 is 0. The van der Waals surface area contributed by atoms with Gasteiger partial charge in [-0.05, 0) is 49.9 Å². The van der Waals surface area contributed by atoms with Crippen LogP contribution in [0.4, 0.5) is 0 Å². The second-order valence-corrected chi connectivity index (χ2v) is 6.71. The Labute approximate surface area is 101 Å². The quantitative estimate of drug-likeness (QED) is 0.536. The molecular weight excluding hydrogens is 192 g/mol. The van der Waals surface area contributed by atoms with Crippen molar-refractivity contribution in [2.24, 2.45) is 17.3 Å². The summed E-state index contributed by atoms with van der Waals surface area (Å²) in [7, 11) is 0. The van der Waals surface area contributed by atoms with Crippen LogP contribution in [0.5, 0.6) is 0 Å². The predicted molar refractivity (Wildman–Crippen MR) is 71.4 cm³/mol. The van der Waals surface area contributed by atoms with Crippen LogP contribution >= 0.6 is 0 Å². The van der Waals surface area contributed by atoms with Gasteiger partial charge in [-0.3, -0.25) is 0 Å². The molecular formula is C16H26. The van der Waals surface area contributed by atoms with Gasteiger partial charge in [-0.25, -0.2) is 0 Å². The lowest BCUT2D eigenvalue weighted by Gasteiger charge is -2.43. The van der Waals surface area contributed by atoms with E-state index in [0.717, 1.165) is 11.8 Å². The van der Waals surface area contributed by atoms with E-state index in [0.29, 0.717) is 5.41 Å². The van der Waals surface area contributed by atoms with E-state index < -0.39 is 0 Å². The van der Waals surface area contributed by atoms with Crippen molar-refractivity contribution in [3.63, 3.8) is 0 Å². The molecule has 16 heavy (non-hydrogen) atoms. The molecule has 0 saturated carbocycles. The summed E-state index contributed by atoms with van der Waals surface area (Å²) >= 11 is 0. The molecule has 1 atom stereocenters. The first kappa shape index (κ1) is 12.0. The Hall–Kier alpha value is -0.520. The van der Waals surface area contributed by atoms with Gasteiger partial charge in [0.15, 0.2) is 0 Å². The van der Waals surface area contributed by atoms with Crippen molar-refractivity contribution in [2.45, 2.75) is 60.3 Å². The van der Waals surface area contributed by atoms with Gasteiger partial charge in [0.05, 0.1) is 0 Å². The second-order valence-electron chi connectivity index (χ2n) is 6.71. The van der Waals surface area contributed by atoms with Crippen molar-refractivity contribution in [1.29, 1.82) is 0 Å². The van der Waals surface area contributed by atoms with Gasteiger partial charge < -0.3 is 0 Å². The van der Waals surface area contributed by atoms with Gasteiger partial charge in [0, 0.05) is 0 Å². The van der Waals surface area contributed by atoms with Crippen LogP contribution in [0.2, 0.25) is 0 Å². The van der Waals surface area contributed by atoms with Gasteiger partial charge in [-0.1, -0.05) is 50.5 Å². The molecule has 0 aromatic carbocycles. The third kappa shape index (κ3) is 1.99. The minimum atomic E-state index is 0.456. The topological polar surface area (TPSA) is 0 Å². The highest BCUT2D eigenvalue weighted by Crippen LogP contribution is 2.50. The van der Waals surface area contributed by atoms with Crippen LogP contribution in [-0.2, 0) is 0 Å². The minimum Gasteiger partial charge on any atom is -0.0812 e. The Bertz CT molecular complexity index is 339. The molecule has 2 aliphatic rings. The Kier molecular flexibility index (Phi) is 3.03. The molecule has 2 aliphatic carbocycles. The van der Waals surface area contributed by atoms with Crippen LogP contribution in [0, 0.1) is 17.3 Å². The van der Waals surface area contributed by atoms with Gasteiger partial charge in [0.1, 0.15) is 0 Å². The third-order valence-corrected chi connectivity index (χ3v) is 4.66. The highest BCUT2D eigenvalue weighted by molar-refractivity contribution is 5.35. The van der Waals surface area contributed by atoms with Crippen LogP contribution < -0.4 is 0 Å². The Morgan fingerprint density at radius 3 is 2.62 bits per heavy atom. The monoisotopic (exact) mass is 218 g/mol. The van der Waals surface area contributed by atoms with Crippen molar-refractivity contribution in [3.05, 3.63) is 22.8 Å². The Morgan fingerprint density at radius 1 is 1.31 bits per heavy atom. The predicted octanol–water partition coefficient (Wildman–Crippen LogP) is 5.12. The minimum absolute atomic E-state index is 0.456. The first-order valence-electron chi connectivity index (χ1n) is 6.80. The molecule has 1 unspecified atom stereocenters. The molecule has 0 bridgehead atoms. The number of allylic oxidation sites excluding steroid dienone is 4. The highest BCUT2D eigenvalue weighted by Gasteiger charge is 2.36. The molecule has 0 heterocycles. The smallest absolute Gasteiger partial charge is 0.0105 e. The number of hydrogen-bond donors (Lipinski definition) is 0. The Morgan fingerprint density at radius 2 is 2.00 bits per heavy atom. The molecule has 90 valence electrons. The van der Waals surface area contributed by atoms with Crippen LogP contribution in [0.1, 0.15) is 60.3 Å². The maximum absolute atomic E-state index is 2.45. The number of hydrogen-bond acceptors (Lipinski definition) is 0. The Balaban J connectivity index is 2.37. The molecule has 0 heteroatoms. The molecule has 0 N–H and O–H groups in total. The summed E-state index contributed by atoms with van der Waals surface area (Å²) in [6.45, 7) is 12.0. The summed E-state index contributed by atoms with van der Waals surface area (Å²) in [6.07, 6.45) is 7.70. The zero-order chi connectivity index (χ0) is 11.9. The van der Waals surface area contributed by atoms with E-state index >= 15 is 0 Å². The lowest BCUT2D eigenvalue weighted by atomic mass is 9.63. The van der Waals surface area contributed by atoms with E-state index in [2.05, 4.69) is 40.7 Å². The molecule has 0 radical (unpaired) electrons. The van der Waals surface area contributed by atoms with Crippen LogP contribution in [0.3, 0.4) is 0 Å². The summed E-state index contributed by atoms with van der Waals surface area (Å²) in [5, 5.41) is 0. The third-order valence-electron chi connectivity index (χ3n) is 4.66. The van der Waals surface area contributed by atoms with Crippen LogP contribution in [0.25, 0.3) is 0 Å². The van der Waals surface area contributed by atoms with Crippen molar-refractivity contribution < 1.29 is 0 Å². The van der Waals surface area contributed by atoms with Gasteiger partial charge in [-0.2, -0.15) is 0 Å². The fourth-order valence-corrected chi connectivity index (χ4v) is 3.53. The molecule has 0 saturated heterocycles. The van der Waals surface area contributed by atoms with E-state index in [9.17, 15) is 0 Å². The molecule has 0 aromatic rings. The lowest BCUT2D eigenvalue weighted by Crippen LogP contribution is -2.29. The zero-order valence-electron chi connectivity index (χ0n) is 11.6. The second kappa shape index (κ2) is 4.05. The van der Waals surface area contributed by atoms with Gasteiger partial charge in [-0.15, -0.1) is 0 Å². The van der Waals surface area contributed by atoms with E-state index in [1.165, 1.54) is 25.7 Å². The maximum Gasteiger partial charge on any atom is -0.0105 e.